The highest BCUT2D eigenvalue weighted by Crippen LogP contribution is 2.19. The van der Waals surface area contributed by atoms with Gasteiger partial charge in [0.2, 0.25) is 0 Å². The second kappa shape index (κ2) is 19.9. The molecule has 0 unspecified atom stereocenters. The number of rotatable bonds is 21. The van der Waals surface area contributed by atoms with Crippen LogP contribution in [-0.4, -0.2) is 30.0 Å². The number of hydrogen-bond donors (Lipinski definition) is 0. The number of quaternary nitrogens is 1. The van der Waals surface area contributed by atoms with Crippen LogP contribution in [0.3, 0.4) is 0 Å². The summed E-state index contributed by atoms with van der Waals surface area (Å²) in [4.78, 5) is 13.2. The van der Waals surface area contributed by atoms with Crippen molar-refractivity contribution in [3.8, 4) is 0 Å². The molecule has 0 radical (unpaired) electrons. The SMILES string of the molecule is CCCCCCCCCCCCCC(=O)[N+](CCCC)(CCCC)CCCC. The van der Waals surface area contributed by atoms with E-state index in [1.165, 1.54) is 103 Å². The molecular formula is C26H54NO+. The molecule has 2 heteroatoms. The van der Waals surface area contributed by atoms with Crippen LogP contribution in [0.2, 0.25) is 0 Å². The van der Waals surface area contributed by atoms with Crippen molar-refractivity contribution in [1.82, 2.24) is 0 Å². The highest BCUT2D eigenvalue weighted by molar-refractivity contribution is 5.69. The van der Waals surface area contributed by atoms with Crippen molar-refractivity contribution in [3.05, 3.63) is 0 Å². The van der Waals surface area contributed by atoms with Crippen molar-refractivity contribution >= 4 is 5.91 Å². The van der Waals surface area contributed by atoms with E-state index in [1.54, 1.807) is 0 Å². The summed E-state index contributed by atoms with van der Waals surface area (Å²) in [6.07, 6.45) is 22.8. The molecule has 0 bridgehead atoms. The monoisotopic (exact) mass is 396 g/mol. The smallest absolute Gasteiger partial charge is 0.261 e. The van der Waals surface area contributed by atoms with Crippen LogP contribution in [0, 0.1) is 0 Å². The maximum atomic E-state index is 13.2. The number of unbranched alkanes of at least 4 members (excludes halogenated alkanes) is 13. The van der Waals surface area contributed by atoms with Gasteiger partial charge in [-0.1, -0.05) is 111 Å². The van der Waals surface area contributed by atoms with E-state index < -0.39 is 0 Å². The van der Waals surface area contributed by atoms with E-state index in [1.807, 2.05) is 0 Å². The molecule has 0 aromatic heterocycles. The fourth-order valence-corrected chi connectivity index (χ4v) is 4.27. The molecule has 0 aliphatic heterocycles. The first-order valence-electron chi connectivity index (χ1n) is 13.1. The Balaban J connectivity index is 4.14. The molecule has 0 saturated carbocycles. The Hall–Kier alpha value is -0.370. The summed E-state index contributed by atoms with van der Waals surface area (Å²) in [7, 11) is 0. The predicted molar refractivity (Wildman–Crippen MR) is 126 cm³/mol. The summed E-state index contributed by atoms with van der Waals surface area (Å²) in [5.41, 5.74) is 0. The van der Waals surface area contributed by atoms with Gasteiger partial charge in [-0.05, 0) is 25.7 Å². The van der Waals surface area contributed by atoms with Crippen LogP contribution in [0.1, 0.15) is 143 Å². The molecule has 28 heavy (non-hydrogen) atoms. The Morgan fingerprint density at radius 1 is 0.464 bits per heavy atom. The second-order valence-corrected chi connectivity index (χ2v) is 9.06. The van der Waals surface area contributed by atoms with E-state index >= 15 is 0 Å². The third-order valence-corrected chi connectivity index (χ3v) is 6.34. The maximum absolute atomic E-state index is 13.2. The Bertz CT molecular complexity index is 318. The van der Waals surface area contributed by atoms with Crippen LogP contribution in [0.4, 0.5) is 0 Å². The van der Waals surface area contributed by atoms with E-state index in [4.69, 9.17) is 0 Å². The molecule has 0 fully saturated rings. The molecule has 0 aromatic carbocycles. The molecule has 0 aliphatic rings. The van der Waals surface area contributed by atoms with Gasteiger partial charge in [-0.25, -0.2) is 4.79 Å². The summed E-state index contributed by atoms with van der Waals surface area (Å²) in [6.45, 7) is 12.3. The quantitative estimate of drug-likeness (QED) is 0.140. The van der Waals surface area contributed by atoms with Crippen molar-refractivity contribution in [2.24, 2.45) is 0 Å². The lowest BCUT2D eigenvalue weighted by Crippen LogP contribution is -2.54. The maximum Gasteiger partial charge on any atom is 0.313 e. The van der Waals surface area contributed by atoms with Gasteiger partial charge >= 0.3 is 5.91 Å². The van der Waals surface area contributed by atoms with E-state index in [2.05, 4.69) is 27.7 Å². The average Bonchev–Trinajstić information content (AvgIpc) is 2.71. The molecule has 0 spiro atoms. The Morgan fingerprint density at radius 3 is 1.14 bits per heavy atom. The molecule has 2 nitrogen and oxygen atoms in total. The summed E-state index contributed by atoms with van der Waals surface area (Å²) < 4.78 is 0.785. The fourth-order valence-electron chi connectivity index (χ4n) is 4.27. The Morgan fingerprint density at radius 2 is 0.786 bits per heavy atom. The fraction of sp³-hybridized carbons (Fsp3) is 0.962. The first kappa shape index (κ1) is 27.6. The van der Waals surface area contributed by atoms with Gasteiger partial charge in [0, 0.05) is 0 Å². The van der Waals surface area contributed by atoms with Crippen LogP contribution >= 0.6 is 0 Å². The van der Waals surface area contributed by atoms with Crippen LogP contribution in [0.5, 0.6) is 0 Å². The van der Waals surface area contributed by atoms with Gasteiger partial charge in [0.15, 0.2) is 0 Å². The lowest BCUT2D eigenvalue weighted by atomic mass is 10.0. The topological polar surface area (TPSA) is 17.1 Å². The number of carbonyl (C=O) groups excluding carboxylic acids is 1. The molecule has 168 valence electrons. The molecule has 0 N–H and O–H groups in total. The minimum atomic E-state index is 0.547. The Labute approximate surface area is 178 Å². The van der Waals surface area contributed by atoms with Crippen molar-refractivity contribution in [1.29, 1.82) is 0 Å². The van der Waals surface area contributed by atoms with Gasteiger partial charge in [0.1, 0.15) is 0 Å². The molecular weight excluding hydrogens is 342 g/mol. The zero-order chi connectivity index (χ0) is 20.9. The van der Waals surface area contributed by atoms with Gasteiger partial charge in [0.25, 0.3) is 0 Å². The third-order valence-electron chi connectivity index (χ3n) is 6.34. The van der Waals surface area contributed by atoms with Crippen molar-refractivity contribution in [2.75, 3.05) is 19.6 Å². The normalized spacial score (nSPS) is 11.9. The molecule has 0 aliphatic carbocycles. The highest BCUT2D eigenvalue weighted by atomic mass is 16.2. The van der Waals surface area contributed by atoms with Gasteiger partial charge in [0.05, 0.1) is 26.1 Å². The lowest BCUT2D eigenvalue weighted by Gasteiger charge is -2.36. The number of amides is 1. The molecule has 0 aromatic rings. The van der Waals surface area contributed by atoms with Gasteiger partial charge in [-0.2, -0.15) is 0 Å². The largest absolute Gasteiger partial charge is 0.313 e. The van der Waals surface area contributed by atoms with Crippen molar-refractivity contribution < 1.29 is 9.28 Å². The number of nitrogens with zero attached hydrogens (tertiary/aromatic N) is 1. The summed E-state index contributed by atoms with van der Waals surface area (Å²) in [5.74, 6) is 0.547. The molecule has 0 saturated heterocycles. The zero-order valence-corrected chi connectivity index (χ0v) is 20.2. The van der Waals surface area contributed by atoms with Crippen LogP contribution in [0.25, 0.3) is 0 Å². The minimum absolute atomic E-state index is 0.547. The van der Waals surface area contributed by atoms with Crippen LogP contribution < -0.4 is 0 Å². The molecule has 0 rings (SSSR count). The predicted octanol–water partition coefficient (Wildman–Crippen LogP) is 8.43. The third kappa shape index (κ3) is 13.7. The summed E-state index contributed by atoms with van der Waals surface area (Å²) in [6, 6.07) is 0. The summed E-state index contributed by atoms with van der Waals surface area (Å²) >= 11 is 0. The van der Waals surface area contributed by atoms with E-state index in [-0.39, 0.29) is 0 Å². The van der Waals surface area contributed by atoms with Gasteiger partial charge in [-0.3, -0.25) is 4.48 Å². The standard InChI is InChI=1S/C26H54NO/c1-5-9-13-14-15-16-17-18-19-20-21-22-26(28)27(23-10-6-2,24-11-7-3)25-12-8-4/h5-25H2,1-4H3/q+1. The van der Waals surface area contributed by atoms with Crippen molar-refractivity contribution in [2.45, 2.75) is 143 Å². The van der Waals surface area contributed by atoms with E-state index in [0.29, 0.717) is 5.91 Å². The van der Waals surface area contributed by atoms with E-state index in [9.17, 15) is 4.79 Å². The molecule has 0 heterocycles. The number of carbonyl (C=O) groups is 1. The summed E-state index contributed by atoms with van der Waals surface area (Å²) in [5, 5.41) is 0. The average molecular weight is 397 g/mol. The van der Waals surface area contributed by atoms with Crippen LogP contribution in [-0.2, 0) is 4.79 Å². The highest BCUT2D eigenvalue weighted by Gasteiger charge is 2.33. The van der Waals surface area contributed by atoms with Gasteiger partial charge < -0.3 is 0 Å². The lowest BCUT2D eigenvalue weighted by molar-refractivity contribution is -0.855. The molecule has 1 amide bonds. The van der Waals surface area contributed by atoms with Gasteiger partial charge in [-0.15, -0.1) is 0 Å². The van der Waals surface area contributed by atoms with Crippen molar-refractivity contribution in [3.63, 3.8) is 0 Å². The second-order valence-electron chi connectivity index (χ2n) is 9.06. The first-order valence-corrected chi connectivity index (χ1v) is 13.1. The molecule has 0 atom stereocenters. The number of hydrogen-bond acceptors (Lipinski definition) is 1. The minimum Gasteiger partial charge on any atom is -0.261 e. The van der Waals surface area contributed by atoms with Crippen LogP contribution in [0.15, 0.2) is 0 Å². The Kier molecular flexibility index (Phi) is 19.7. The zero-order valence-electron chi connectivity index (χ0n) is 20.2. The van der Waals surface area contributed by atoms with E-state index in [0.717, 1.165) is 37.0 Å². The first-order chi connectivity index (χ1) is 13.7.